The number of hydrogen-bond acceptors (Lipinski definition) is 6. The third-order valence-electron chi connectivity index (χ3n) is 5.60. The smallest absolute Gasteiger partial charge is 0.447 e. The van der Waals surface area contributed by atoms with Crippen molar-refractivity contribution >= 4 is 12.1 Å². The molecule has 0 unspecified atom stereocenters. The van der Waals surface area contributed by atoms with E-state index in [0.29, 0.717) is 12.5 Å². The van der Waals surface area contributed by atoms with Crippen molar-refractivity contribution in [3.05, 3.63) is 29.6 Å². The maximum absolute atomic E-state index is 14.2. The SMILES string of the molecule is O=C(OCCO)N1C[C@@H](CO)C[C@@H](N(C(=O)NCc2ccc(OC(F)(F)F)cc2F)C2CC2)C1. The lowest BCUT2D eigenvalue weighted by Gasteiger charge is -2.42. The van der Waals surface area contributed by atoms with Gasteiger partial charge in [0.1, 0.15) is 18.2 Å². The van der Waals surface area contributed by atoms with Crippen molar-refractivity contribution in [2.24, 2.45) is 5.92 Å². The van der Waals surface area contributed by atoms with Gasteiger partial charge in [-0.1, -0.05) is 6.07 Å². The van der Waals surface area contributed by atoms with Crippen LogP contribution in [0.1, 0.15) is 24.8 Å². The highest BCUT2D eigenvalue weighted by atomic mass is 19.4. The summed E-state index contributed by atoms with van der Waals surface area (Å²) in [5, 5.41) is 21.1. The molecule has 0 radical (unpaired) electrons. The molecular formula is C21H27F4N3O6. The molecule has 3 amide bonds. The number of aliphatic hydroxyl groups is 2. The molecular weight excluding hydrogens is 466 g/mol. The van der Waals surface area contributed by atoms with Crippen LogP contribution in [0.5, 0.6) is 5.75 Å². The number of halogens is 4. The number of alkyl halides is 3. The van der Waals surface area contributed by atoms with Gasteiger partial charge in [-0.3, -0.25) is 0 Å². The van der Waals surface area contributed by atoms with E-state index < -0.39 is 36.1 Å². The molecule has 1 heterocycles. The van der Waals surface area contributed by atoms with E-state index in [4.69, 9.17) is 9.84 Å². The number of piperidine rings is 1. The van der Waals surface area contributed by atoms with E-state index >= 15 is 0 Å². The molecule has 190 valence electrons. The summed E-state index contributed by atoms with van der Waals surface area (Å²) in [6, 6.07) is 1.64. The van der Waals surface area contributed by atoms with E-state index in [1.165, 1.54) is 4.90 Å². The number of carbonyl (C=O) groups excluding carboxylic acids is 2. The summed E-state index contributed by atoms with van der Waals surface area (Å²) in [6.45, 7) is -0.550. The van der Waals surface area contributed by atoms with Crippen molar-refractivity contribution in [3.63, 3.8) is 0 Å². The monoisotopic (exact) mass is 493 g/mol. The fourth-order valence-electron chi connectivity index (χ4n) is 3.99. The first kappa shape index (κ1) is 25.8. The van der Waals surface area contributed by atoms with Crippen LogP contribution in [0.25, 0.3) is 0 Å². The first-order chi connectivity index (χ1) is 16.1. The number of amides is 3. The number of nitrogens with one attached hydrogen (secondary N) is 1. The minimum absolute atomic E-state index is 0.0234. The molecule has 2 atom stereocenters. The van der Waals surface area contributed by atoms with Crippen LogP contribution in [0.3, 0.4) is 0 Å². The van der Waals surface area contributed by atoms with E-state index in [1.54, 1.807) is 4.90 Å². The van der Waals surface area contributed by atoms with Crippen LogP contribution in [0.15, 0.2) is 18.2 Å². The molecule has 1 saturated carbocycles. The largest absolute Gasteiger partial charge is 0.573 e. The van der Waals surface area contributed by atoms with Gasteiger partial charge in [0.05, 0.1) is 12.6 Å². The minimum Gasteiger partial charge on any atom is -0.447 e. The van der Waals surface area contributed by atoms with Gasteiger partial charge in [0.2, 0.25) is 0 Å². The number of benzene rings is 1. The molecule has 13 heteroatoms. The summed E-state index contributed by atoms with van der Waals surface area (Å²) in [4.78, 5) is 28.2. The molecule has 1 aliphatic carbocycles. The first-order valence-corrected chi connectivity index (χ1v) is 10.8. The number of rotatable bonds is 8. The lowest BCUT2D eigenvalue weighted by Crippen LogP contribution is -2.57. The number of carbonyl (C=O) groups is 2. The first-order valence-electron chi connectivity index (χ1n) is 10.8. The van der Waals surface area contributed by atoms with Gasteiger partial charge in [-0.2, -0.15) is 0 Å². The van der Waals surface area contributed by atoms with Crippen LogP contribution in [0, 0.1) is 11.7 Å². The van der Waals surface area contributed by atoms with Crippen molar-refractivity contribution < 1.29 is 46.8 Å². The number of aliphatic hydroxyl groups excluding tert-OH is 2. The fraction of sp³-hybridized carbons (Fsp3) is 0.619. The summed E-state index contributed by atoms with van der Waals surface area (Å²) in [7, 11) is 0. The van der Waals surface area contributed by atoms with Gasteiger partial charge >= 0.3 is 18.5 Å². The summed E-state index contributed by atoms with van der Waals surface area (Å²) >= 11 is 0. The van der Waals surface area contributed by atoms with Crippen LogP contribution in [-0.4, -0.2) is 83.5 Å². The van der Waals surface area contributed by atoms with E-state index in [9.17, 15) is 32.3 Å². The maximum Gasteiger partial charge on any atom is 0.573 e. The lowest BCUT2D eigenvalue weighted by atomic mass is 9.94. The summed E-state index contributed by atoms with van der Waals surface area (Å²) in [6.07, 6.45) is -3.66. The zero-order valence-electron chi connectivity index (χ0n) is 18.3. The predicted molar refractivity (Wildman–Crippen MR) is 109 cm³/mol. The van der Waals surface area contributed by atoms with Gasteiger partial charge in [0.15, 0.2) is 0 Å². The molecule has 0 spiro atoms. The van der Waals surface area contributed by atoms with E-state index in [0.717, 1.165) is 25.0 Å². The number of ether oxygens (including phenoxy) is 2. The number of hydrogen-bond donors (Lipinski definition) is 3. The third-order valence-corrected chi connectivity index (χ3v) is 5.60. The number of urea groups is 1. The molecule has 1 aliphatic heterocycles. The van der Waals surface area contributed by atoms with Gasteiger partial charge in [0.25, 0.3) is 0 Å². The molecule has 2 fully saturated rings. The molecule has 1 saturated heterocycles. The molecule has 1 aromatic carbocycles. The second kappa shape index (κ2) is 11.1. The average molecular weight is 493 g/mol. The Morgan fingerprint density at radius 1 is 1.18 bits per heavy atom. The van der Waals surface area contributed by atoms with Crippen LogP contribution in [-0.2, 0) is 11.3 Å². The van der Waals surface area contributed by atoms with Crippen LogP contribution >= 0.6 is 0 Å². The second-order valence-electron chi connectivity index (χ2n) is 8.28. The normalized spacial score (nSPS) is 20.6. The molecule has 2 aliphatic rings. The van der Waals surface area contributed by atoms with Crippen LogP contribution in [0.4, 0.5) is 27.2 Å². The van der Waals surface area contributed by atoms with E-state index in [2.05, 4.69) is 10.1 Å². The van der Waals surface area contributed by atoms with Gasteiger partial charge in [-0.05, 0) is 25.3 Å². The Bertz CT molecular complexity index is 867. The second-order valence-corrected chi connectivity index (χ2v) is 8.28. The Labute approximate surface area is 193 Å². The number of nitrogens with zero attached hydrogens (tertiary/aromatic N) is 2. The van der Waals surface area contributed by atoms with Crippen molar-refractivity contribution in [2.45, 2.75) is 44.3 Å². The highest BCUT2D eigenvalue weighted by Crippen LogP contribution is 2.33. The standard InChI is InChI=1S/C21H27F4N3O6/c22-18-8-17(34-21(23,24)25)4-1-14(18)9-26-19(31)28(15-2-3-15)16-7-13(12-30)10-27(11-16)20(32)33-6-5-29/h1,4,8,13,15-16,29-30H,2-3,5-7,9-12H2,(H,26,31)/t13-,16+/m0/s1. The molecule has 0 aromatic heterocycles. The minimum atomic E-state index is -4.95. The third kappa shape index (κ3) is 7.10. The Morgan fingerprint density at radius 2 is 1.91 bits per heavy atom. The van der Waals surface area contributed by atoms with Crippen LogP contribution < -0.4 is 10.1 Å². The Hall–Kier alpha value is -2.80. The summed E-state index contributed by atoms with van der Waals surface area (Å²) in [5.41, 5.74) is -0.0234. The molecule has 0 bridgehead atoms. The van der Waals surface area contributed by atoms with Gasteiger partial charge in [-0.25, -0.2) is 14.0 Å². The zero-order valence-corrected chi connectivity index (χ0v) is 18.3. The number of likely N-dealkylation sites (tertiary alicyclic amines) is 1. The Morgan fingerprint density at radius 3 is 2.50 bits per heavy atom. The van der Waals surface area contributed by atoms with Gasteiger partial charge in [0, 0.05) is 49.8 Å². The van der Waals surface area contributed by atoms with Crippen molar-refractivity contribution in [3.8, 4) is 5.75 Å². The van der Waals surface area contributed by atoms with Gasteiger partial charge in [-0.15, -0.1) is 13.2 Å². The molecule has 3 rings (SSSR count). The lowest BCUT2D eigenvalue weighted by molar-refractivity contribution is -0.274. The predicted octanol–water partition coefficient (Wildman–Crippen LogP) is 2.21. The van der Waals surface area contributed by atoms with Crippen molar-refractivity contribution in [1.29, 1.82) is 0 Å². The molecule has 9 nitrogen and oxygen atoms in total. The summed E-state index contributed by atoms with van der Waals surface area (Å²) in [5.74, 6) is -1.95. The summed E-state index contributed by atoms with van der Waals surface area (Å²) < 4.78 is 59.8. The highest BCUT2D eigenvalue weighted by molar-refractivity contribution is 5.75. The molecule has 34 heavy (non-hydrogen) atoms. The highest BCUT2D eigenvalue weighted by Gasteiger charge is 2.42. The van der Waals surface area contributed by atoms with E-state index in [-0.39, 0.29) is 57.0 Å². The molecule has 3 N–H and O–H groups in total. The quantitative estimate of drug-likeness (QED) is 0.479. The van der Waals surface area contributed by atoms with Crippen molar-refractivity contribution in [1.82, 2.24) is 15.1 Å². The maximum atomic E-state index is 14.2. The Kier molecular flexibility index (Phi) is 8.42. The van der Waals surface area contributed by atoms with E-state index in [1.807, 2.05) is 0 Å². The average Bonchev–Trinajstić information content (AvgIpc) is 3.60. The topological polar surface area (TPSA) is 112 Å². The van der Waals surface area contributed by atoms with Crippen molar-refractivity contribution in [2.75, 3.05) is 32.9 Å². The van der Waals surface area contributed by atoms with Gasteiger partial charge < -0.3 is 34.8 Å². The zero-order chi connectivity index (χ0) is 24.9. The fourth-order valence-corrected chi connectivity index (χ4v) is 3.99. The van der Waals surface area contributed by atoms with Crippen LogP contribution in [0.2, 0.25) is 0 Å². The Balaban J connectivity index is 1.65. The molecule has 1 aromatic rings.